The van der Waals surface area contributed by atoms with E-state index in [1.165, 1.54) is 9.80 Å². The maximum atomic E-state index is 14.2. The highest BCUT2D eigenvalue weighted by Crippen LogP contribution is 2.65. The van der Waals surface area contributed by atoms with E-state index < -0.39 is 59.1 Å². The topological polar surface area (TPSA) is 171 Å². The number of ketones is 1. The normalized spacial score (nSPS) is 24.2. The number of likely N-dealkylation sites (N-methyl/N-ethyl adjacent to an activating group) is 1. The van der Waals surface area contributed by atoms with Crippen molar-refractivity contribution >= 4 is 35.4 Å². The number of primary amides is 1. The van der Waals surface area contributed by atoms with Crippen LogP contribution in [0.25, 0.3) is 0 Å². The average Bonchev–Trinajstić information content (AvgIpc) is 3.21. The molecule has 12 nitrogen and oxygen atoms in total. The Kier molecular flexibility index (Phi) is 10.3. The Morgan fingerprint density at radius 3 is 2.09 bits per heavy atom. The number of hydrogen-bond acceptors (Lipinski definition) is 6. The highest BCUT2D eigenvalue weighted by molar-refractivity contribution is 6.37. The fourth-order valence-corrected chi connectivity index (χ4v) is 6.51. The van der Waals surface area contributed by atoms with E-state index >= 15 is 0 Å². The van der Waals surface area contributed by atoms with Crippen molar-refractivity contribution in [2.24, 2.45) is 34.3 Å². The van der Waals surface area contributed by atoms with Crippen molar-refractivity contribution in [1.82, 2.24) is 25.8 Å². The lowest BCUT2D eigenvalue weighted by Gasteiger charge is -2.38. The number of fused-ring (bicyclic) bond motifs is 1. The maximum absolute atomic E-state index is 14.2. The van der Waals surface area contributed by atoms with Gasteiger partial charge in [0.05, 0.1) is 6.04 Å². The first-order chi connectivity index (χ1) is 20.2. The molecule has 0 bridgehead atoms. The van der Waals surface area contributed by atoms with Crippen LogP contribution in [-0.2, 0) is 24.0 Å². The van der Waals surface area contributed by atoms with Crippen LogP contribution in [0, 0.1) is 28.6 Å². The number of nitrogens with zero attached hydrogens (tertiary/aromatic N) is 2. The number of rotatable bonds is 12. The SMILES string of the molecule is C=C(C)[C@H](NC(=O)N[C@H](C(=O)N1C[C@H]2[C@@H]([C@H]1C(=O)NC(CC1CCC1)C(=O)C(N)=O)C2(C)C)C(C)(C)C)C(=O)N(C)C(C)C. The standard InChI is InChI=1S/C32H52N6O6/c1-16(2)22(28(42)37(10)17(3)4)35-30(44)36-25(31(5,6)7)29(43)38-15-19-21(32(19,8)9)23(38)27(41)34-20(24(39)26(33)40)14-18-12-11-13-18/h17-23,25H,1,11-15H2,2-10H3,(H2,33,40)(H,34,41)(H2,35,36,44)/t19-,20?,21-,22-,23-,25+/m0/s1. The van der Waals surface area contributed by atoms with Gasteiger partial charge in [0, 0.05) is 19.6 Å². The zero-order valence-corrected chi connectivity index (χ0v) is 27.8. The van der Waals surface area contributed by atoms with Gasteiger partial charge in [-0.25, -0.2) is 4.79 Å². The van der Waals surface area contributed by atoms with Gasteiger partial charge in [0.2, 0.25) is 23.5 Å². The summed E-state index contributed by atoms with van der Waals surface area (Å²) in [7, 11) is 1.64. The van der Waals surface area contributed by atoms with Gasteiger partial charge < -0.3 is 31.5 Å². The lowest BCUT2D eigenvalue weighted by atomic mass is 9.80. The van der Waals surface area contributed by atoms with Crippen molar-refractivity contribution in [2.75, 3.05) is 13.6 Å². The highest BCUT2D eigenvalue weighted by Gasteiger charge is 2.70. The molecule has 0 radical (unpaired) electrons. The van der Waals surface area contributed by atoms with Gasteiger partial charge in [-0.15, -0.1) is 0 Å². The van der Waals surface area contributed by atoms with Gasteiger partial charge in [-0.05, 0) is 61.3 Å². The number of Topliss-reactive ketones (excluding diaryl/α,β-unsaturated/α-hetero) is 1. The summed E-state index contributed by atoms with van der Waals surface area (Å²) in [4.78, 5) is 81.8. The third-order valence-electron chi connectivity index (χ3n) is 9.96. The molecule has 2 aliphatic carbocycles. The maximum Gasteiger partial charge on any atom is 0.316 e. The predicted molar refractivity (Wildman–Crippen MR) is 166 cm³/mol. The summed E-state index contributed by atoms with van der Waals surface area (Å²) in [6.45, 7) is 19.0. The molecule has 12 heteroatoms. The van der Waals surface area contributed by atoms with Crippen LogP contribution in [0.3, 0.4) is 0 Å². The molecule has 1 aliphatic heterocycles. The van der Waals surface area contributed by atoms with Crippen molar-refractivity contribution in [3.63, 3.8) is 0 Å². The van der Waals surface area contributed by atoms with Gasteiger partial charge in [0.25, 0.3) is 5.91 Å². The van der Waals surface area contributed by atoms with Crippen LogP contribution >= 0.6 is 0 Å². The third kappa shape index (κ3) is 7.26. The molecule has 0 aromatic heterocycles. The van der Waals surface area contributed by atoms with E-state index in [0.29, 0.717) is 18.5 Å². The van der Waals surface area contributed by atoms with E-state index in [9.17, 15) is 28.8 Å². The molecule has 44 heavy (non-hydrogen) atoms. The molecule has 0 aromatic carbocycles. The summed E-state index contributed by atoms with van der Waals surface area (Å²) >= 11 is 0. The molecule has 1 saturated heterocycles. The fraction of sp³-hybridized carbons (Fsp3) is 0.750. The minimum atomic E-state index is -1.10. The third-order valence-corrected chi connectivity index (χ3v) is 9.96. The molecular weight excluding hydrogens is 564 g/mol. The van der Waals surface area contributed by atoms with E-state index in [4.69, 9.17) is 5.73 Å². The van der Waals surface area contributed by atoms with Gasteiger partial charge in [-0.3, -0.25) is 24.0 Å². The largest absolute Gasteiger partial charge is 0.363 e. The van der Waals surface area contributed by atoms with Gasteiger partial charge in [0.1, 0.15) is 18.1 Å². The lowest BCUT2D eigenvalue weighted by molar-refractivity contribution is -0.145. The molecule has 3 aliphatic rings. The summed E-state index contributed by atoms with van der Waals surface area (Å²) in [6, 6.07) is -4.78. The smallest absolute Gasteiger partial charge is 0.316 e. The number of nitrogens with two attached hydrogens (primary N) is 1. The van der Waals surface area contributed by atoms with Crippen molar-refractivity contribution in [3.05, 3.63) is 12.2 Å². The Bertz CT molecular complexity index is 1200. The first-order valence-corrected chi connectivity index (χ1v) is 15.6. The fourth-order valence-electron chi connectivity index (χ4n) is 6.51. The second-order valence-corrected chi connectivity index (χ2v) is 15.0. The zero-order chi connectivity index (χ0) is 33.5. The van der Waals surface area contributed by atoms with E-state index in [0.717, 1.165) is 19.3 Å². The molecule has 0 spiro atoms. The van der Waals surface area contributed by atoms with Gasteiger partial charge in [-0.2, -0.15) is 0 Å². The Morgan fingerprint density at radius 1 is 1.05 bits per heavy atom. The van der Waals surface area contributed by atoms with Gasteiger partial charge in [-0.1, -0.05) is 60.5 Å². The number of hydrogen-bond donors (Lipinski definition) is 4. The molecule has 5 N–H and O–H groups in total. The molecule has 1 heterocycles. The molecular formula is C32H52N6O6. The molecule has 1 unspecified atom stereocenters. The van der Waals surface area contributed by atoms with Crippen LogP contribution in [0.5, 0.6) is 0 Å². The minimum Gasteiger partial charge on any atom is -0.363 e. The van der Waals surface area contributed by atoms with Crippen molar-refractivity contribution in [3.8, 4) is 0 Å². The predicted octanol–water partition coefficient (Wildman–Crippen LogP) is 1.72. The molecule has 2 saturated carbocycles. The van der Waals surface area contributed by atoms with Crippen LogP contribution in [0.1, 0.15) is 81.1 Å². The molecule has 3 fully saturated rings. The van der Waals surface area contributed by atoms with E-state index in [2.05, 4.69) is 22.5 Å². The van der Waals surface area contributed by atoms with E-state index in [-0.39, 0.29) is 35.1 Å². The van der Waals surface area contributed by atoms with Crippen molar-refractivity contribution in [2.45, 2.75) is 111 Å². The molecule has 6 amide bonds. The Labute approximate surface area is 261 Å². The first kappa shape index (κ1) is 35.0. The monoisotopic (exact) mass is 616 g/mol. The summed E-state index contributed by atoms with van der Waals surface area (Å²) in [5, 5.41) is 8.21. The number of amides is 6. The van der Waals surface area contributed by atoms with E-state index in [1.807, 2.05) is 27.7 Å². The molecule has 6 atom stereocenters. The quantitative estimate of drug-likeness (QED) is 0.192. The molecule has 3 rings (SSSR count). The summed E-state index contributed by atoms with van der Waals surface area (Å²) in [6.07, 6.45) is 3.18. The molecule has 246 valence electrons. The summed E-state index contributed by atoms with van der Waals surface area (Å²) < 4.78 is 0. The highest BCUT2D eigenvalue weighted by atomic mass is 16.2. The first-order valence-electron chi connectivity index (χ1n) is 15.6. The number of nitrogens with one attached hydrogen (secondary N) is 3. The van der Waals surface area contributed by atoms with E-state index in [1.54, 1.807) is 34.7 Å². The summed E-state index contributed by atoms with van der Waals surface area (Å²) in [5.74, 6) is -3.09. The van der Waals surface area contributed by atoms with Crippen LogP contribution < -0.4 is 21.7 Å². The number of likely N-dealkylation sites (tertiary alicyclic amines) is 1. The van der Waals surface area contributed by atoms with Crippen molar-refractivity contribution < 1.29 is 28.8 Å². The number of urea groups is 1. The number of carbonyl (C=O) groups excluding carboxylic acids is 6. The lowest BCUT2D eigenvalue weighted by Crippen LogP contribution is -2.62. The van der Waals surface area contributed by atoms with Crippen molar-refractivity contribution in [1.29, 1.82) is 0 Å². The molecule has 0 aromatic rings. The number of piperidine rings is 1. The van der Waals surface area contributed by atoms with Crippen LogP contribution in [0.4, 0.5) is 4.79 Å². The van der Waals surface area contributed by atoms with Gasteiger partial charge >= 0.3 is 6.03 Å². The average molecular weight is 617 g/mol. The minimum absolute atomic E-state index is 0.0607. The summed E-state index contributed by atoms with van der Waals surface area (Å²) in [5.41, 5.74) is 4.80. The van der Waals surface area contributed by atoms with Crippen LogP contribution in [0.15, 0.2) is 12.2 Å². The number of carbonyl (C=O) groups is 6. The second-order valence-electron chi connectivity index (χ2n) is 15.0. The van der Waals surface area contributed by atoms with Crippen LogP contribution in [0.2, 0.25) is 0 Å². The Balaban J connectivity index is 1.83. The Hall–Kier alpha value is -3.44. The Morgan fingerprint density at radius 2 is 1.64 bits per heavy atom. The second kappa shape index (κ2) is 12.9. The zero-order valence-electron chi connectivity index (χ0n) is 27.8. The van der Waals surface area contributed by atoms with Crippen LogP contribution in [-0.4, -0.2) is 89.0 Å². The van der Waals surface area contributed by atoms with Gasteiger partial charge in [0.15, 0.2) is 0 Å².